The van der Waals surface area contributed by atoms with Gasteiger partial charge < -0.3 is 4.90 Å². The number of aromatic amines is 1. The minimum atomic E-state index is 0.157. The van der Waals surface area contributed by atoms with Crippen molar-refractivity contribution in [1.29, 1.82) is 0 Å². The summed E-state index contributed by atoms with van der Waals surface area (Å²) in [5, 5.41) is 7.08. The number of carbonyl (C=O) groups is 1. The number of H-pyrrole nitrogens is 1. The quantitative estimate of drug-likeness (QED) is 0.939. The number of nitrogens with one attached hydrogen (secondary N) is 1. The summed E-state index contributed by atoms with van der Waals surface area (Å²) in [6, 6.07) is 10.2. The Morgan fingerprint density at radius 2 is 2.05 bits per heavy atom. The van der Waals surface area contributed by atoms with Crippen LogP contribution < -0.4 is 0 Å². The molecule has 4 heteroatoms. The molecule has 4 nitrogen and oxygen atoms in total. The Kier molecular flexibility index (Phi) is 3.60. The first-order chi connectivity index (χ1) is 10.1. The van der Waals surface area contributed by atoms with Crippen LogP contribution in [0.15, 0.2) is 36.4 Å². The summed E-state index contributed by atoms with van der Waals surface area (Å²) in [7, 11) is 0. The van der Waals surface area contributed by atoms with Crippen LogP contribution in [0.5, 0.6) is 0 Å². The molecule has 21 heavy (non-hydrogen) atoms. The summed E-state index contributed by atoms with van der Waals surface area (Å²) >= 11 is 0. The monoisotopic (exact) mass is 281 g/mol. The van der Waals surface area contributed by atoms with Crippen molar-refractivity contribution >= 4 is 11.5 Å². The molecule has 0 saturated heterocycles. The summed E-state index contributed by atoms with van der Waals surface area (Å²) in [5.41, 5.74) is 5.34. The number of aryl methyl sites for hydroxylation is 2. The molecule has 0 atom stereocenters. The Hall–Kier alpha value is -2.36. The van der Waals surface area contributed by atoms with E-state index in [0.29, 0.717) is 19.5 Å². The molecule has 1 aliphatic heterocycles. The third kappa shape index (κ3) is 2.75. The maximum atomic E-state index is 12.4. The summed E-state index contributed by atoms with van der Waals surface area (Å²) in [5.74, 6) is 0.157. The van der Waals surface area contributed by atoms with E-state index in [0.717, 1.165) is 17.0 Å². The SMILES string of the molecule is Cc1n[nH]c(C)c1CC(=O)N1CC=C(c2ccccc2)C1. The van der Waals surface area contributed by atoms with Gasteiger partial charge in [0.25, 0.3) is 0 Å². The van der Waals surface area contributed by atoms with Gasteiger partial charge in [-0.25, -0.2) is 0 Å². The smallest absolute Gasteiger partial charge is 0.227 e. The Morgan fingerprint density at radius 3 is 2.71 bits per heavy atom. The Balaban J connectivity index is 1.67. The zero-order valence-electron chi connectivity index (χ0n) is 12.4. The van der Waals surface area contributed by atoms with Gasteiger partial charge in [0.05, 0.1) is 12.1 Å². The molecule has 0 saturated carbocycles. The van der Waals surface area contributed by atoms with Crippen LogP contribution >= 0.6 is 0 Å². The van der Waals surface area contributed by atoms with Crippen molar-refractivity contribution in [2.45, 2.75) is 20.3 Å². The first-order valence-corrected chi connectivity index (χ1v) is 7.18. The lowest BCUT2D eigenvalue weighted by molar-refractivity contribution is -0.129. The van der Waals surface area contributed by atoms with Crippen molar-refractivity contribution < 1.29 is 4.79 Å². The second kappa shape index (κ2) is 5.56. The molecule has 3 rings (SSSR count). The highest BCUT2D eigenvalue weighted by atomic mass is 16.2. The number of benzene rings is 1. The number of rotatable bonds is 3. The molecular weight excluding hydrogens is 262 g/mol. The largest absolute Gasteiger partial charge is 0.334 e. The van der Waals surface area contributed by atoms with Crippen LogP contribution in [0, 0.1) is 13.8 Å². The van der Waals surface area contributed by atoms with E-state index >= 15 is 0 Å². The molecule has 0 radical (unpaired) electrons. The van der Waals surface area contributed by atoms with Gasteiger partial charge in [0, 0.05) is 24.3 Å². The maximum Gasteiger partial charge on any atom is 0.227 e. The molecule has 0 unspecified atom stereocenters. The van der Waals surface area contributed by atoms with Crippen LogP contribution in [0.3, 0.4) is 0 Å². The Bertz CT molecular complexity index is 666. The third-order valence-electron chi connectivity index (χ3n) is 4.03. The highest BCUT2D eigenvalue weighted by Crippen LogP contribution is 2.22. The predicted molar refractivity (Wildman–Crippen MR) is 82.8 cm³/mol. The summed E-state index contributed by atoms with van der Waals surface area (Å²) < 4.78 is 0. The molecule has 1 amide bonds. The number of hydrogen-bond donors (Lipinski definition) is 1. The average Bonchev–Trinajstić information content (AvgIpc) is 3.11. The first kappa shape index (κ1) is 13.6. The van der Waals surface area contributed by atoms with Gasteiger partial charge in [-0.05, 0) is 25.0 Å². The number of hydrogen-bond acceptors (Lipinski definition) is 2. The lowest BCUT2D eigenvalue weighted by Crippen LogP contribution is -2.30. The van der Waals surface area contributed by atoms with E-state index in [1.807, 2.05) is 36.9 Å². The van der Waals surface area contributed by atoms with Crippen molar-refractivity contribution in [3.63, 3.8) is 0 Å². The van der Waals surface area contributed by atoms with Gasteiger partial charge in [0.1, 0.15) is 0 Å². The fraction of sp³-hybridized carbons (Fsp3) is 0.294. The fourth-order valence-electron chi connectivity index (χ4n) is 2.70. The van der Waals surface area contributed by atoms with Crippen LogP contribution in [0.1, 0.15) is 22.5 Å². The number of nitrogens with zero attached hydrogens (tertiary/aromatic N) is 2. The molecule has 1 aliphatic rings. The van der Waals surface area contributed by atoms with Gasteiger partial charge in [-0.15, -0.1) is 0 Å². The normalized spacial score (nSPS) is 14.4. The molecule has 0 fully saturated rings. The lowest BCUT2D eigenvalue weighted by Gasteiger charge is -2.16. The van der Waals surface area contributed by atoms with Gasteiger partial charge in [0.2, 0.25) is 5.91 Å². The molecular formula is C17H19N3O. The van der Waals surface area contributed by atoms with Crippen LogP contribution in [0.25, 0.3) is 5.57 Å². The Labute approximate surface area is 124 Å². The summed E-state index contributed by atoms with van der Waals surface area (Å²) in [6.07, 6.45) is 2.56. The predicted octanol–water partition coefficient (Wildman–Crippen LogP) is 2.49. The van der Waals surface area contributed by atoms with Crippen LogP contribution in [-0.4, -0.2) is 34.1 Å². The second-order valence-electron chi connectivity index (χ2n) is 5.46. The molecule has 0 spiro atoms. The number of carbonyl (C=O) groups excluding carboxylic acids is 1. The van der Waals surface area contributed by atoms with E-state index in [-0.39, 0.29) is 5.91 Å². The lowest BCUT2D eigenvalue weighted by atomic mass is 10.1. The van der Waals surface area contributed by atoms with Gasteiger partial charge in [-0.3, -0.25) is 9.89 Å². The summed E-state index contributed by atoms with van der Waals surface area (Å²) in [6.45, 7) is 5.28. The van der Waals surface area contributed by atoms with Crippen molar-refractivity contribution in [1.82, 2.24) is 15.1 Å². The van der Waals surface area contributed by atoms with E-state index in [1.54, 1.807) is 0 Å². The summed E-state index contributed by atoms with van der Waals surface area (Å²) in [4.78, 5) is 14.3. The van der Waals surface area contributed by atoms with E-state index < -0.39 is 0 Å². The first-order valence-electron chi connectivity index (χ1n) is 7.18. The molecule has 0 bridgehead atoms. The molecule has 108 valence electrons. The minimum Gasteiger partial charge on any atom is -0.334 e. The standard InChI is InChI=1S/C17H19N3O/c1-12-16(13(2)19-18-12)10-17(21)20-9-8-15(11-20)14-6-4-3-5-7-14/h3-8H,9-11H2,1-2H3,(H,18,19). The number of aromatic nitrogens is 2. The maximum absolute atomic E-state index is 12.4. The fourth-order valence-corrected chi connectivity index (χ4v) is 2.70. The minimum absolute atomic E-state index is 0.157. The molecule has 1 aromatic carbocycles. The highest BCUT2D eigenvalue weighted by Gasteiger charge is 2.22. The van der Waals surface area contributed by atoms with E-state index in [4.69, 9.17) is 0 Å². The van der Waals surface area contributed by atoms with Crippen molar-refractivity contribution in [3.8, 4) is 0 Å². The second-order valence-corrected chi connectivity index (χ2v) is 5.46. The molecule has 1 aromatic heterocycles. The average molecular weight is 281 g/mol. The van der Waals surface area contributed by atoms with Gasteiger partial charge in [0.15, 0.2) is 0 Å². The highest BCUT2D eigenvalue weighted by molar-refractivity contribution is 5.83. The zero-order valence-corrected chi connectivity index (χ0v) is 12.4. The van der Waals surface area contributed by atoms with Gasteiger partial charge >= 0.3 is 0 Å². The van der Waals surface area contributed by atoms with Crippen molar-refractivity contribution in [3.05, 3.63) is 58.9 Å². The van der Waals surface area contributed by atoms with Crippen molar-refractivity contribution in [2.75, 3.05) is 13.1 Å². The third-order valence-corrected chi connectivity index (χ3v) is 4.03. The van der Waals surface area contributed by atoms with E-state index in [2.05, 4.69) is 28.4 Å². The van der Waals surface area contributed by atoms with Gasteiger partial charge in [-0.2, -0.15) is 5.10 Å². The van der Waals surface area contributed by atoms with Crippen LogP contribution in [0.4, 0.5) is 0 Å². The van der Waals surface area contributed by atoms with Crippen molar-refractivity contribution in [2.24, 2.45) is 0 Å². The van der Waals surface area contributed by atoms with Crippen LogP contribution in [-0.2, 0) is 11.2 Å². The molecule has 1 N–H and O–H groups in total. The van der Waals surface area contributed by atoms with E-state index in [1.165, 1.54) is 11.1 Å². The van der Waals surface area contributed by atoms with E-state index in [9.17, 15) is 4.79 Å². The molecule has 0 aliphatic carbocycles. The van der Waals surface area contributed by atoms with Gasteiger partial charge in [-0.1, -0.05) is 36.4 Å². The van der Waals surface area contributed by atoms with Crippen LogP contribution in [0.2, 0.25) is 0 Å². The topological polar surface area (TPSA) is 49.0 Å². The Morgan fingerprint density at radius 1 is 1.29 bits per heavy atom. The number of amides is 1. The molecule has 2 heterocycles. The molecule has 2 aromatic rings. The zero-order chi connectivity index (χ0) is 14.8.